The summed E-state index contributed by atoms with van der Waals surface area (Å²) in [5, 5.41) is 10.9. The maximum Gasteiger partial charge on any atom is 0.234 e. The highest BCUT2D eigenvalue weighted by Crippen LogP contribution is 2.46. The number of aliphatic hydroxyl groups excluding tert-OH is 1. The molecule has 0 bridgehead atoms. The number of hydrogen-bond acceptors (Lipinski definition) is 4. The summed E-state index contributed by atoms with van der Waals surface area (Å²) in [5.41, 5.74) is 0.159. The third kappa shape index (κ3) is 4.28. The van der Waals surface area contributed by atoms with Gasteiger partial charge in [0, 0.05) is 17.4 Å². The molecule has 7 heteroatoms. The third-order valence-electron chi connectivity index (χ3n) is 5.26. The highest BCUT2D eigenvalue weighted by Gasteiger charge is 2.49. The molecule has 2 aliphatic rings. The van der Waals surface area contributed by atoms with Crippen molar-refractivity contribution in [1.82, 2.24) is 4.72 Å². The zero-order valence-electron chi connectivity index (χ0n) is 14.0. The SMILES string of the molecule is O=S(=O)(/C=C/c1ccc(F)cc1)NC(C1CCCO1)C1(CO)CCC1. The lowest BCUT2D eigenvalue weighted by molar-refractivity contribution is -0.0428. The Morgan fingerprint density at radius 3 is 2.56 bits per heavy atom. The van der Waals surface area contributed by atoms with Crippen LogP contribution in [0, 0.1) is 11.2 Å². The fourth-order valence-electron chi connectivity index (χ4n) is 3.62. The van der Waals surface area contributed by atoms with Gasteiger partial charge in [-0.25, -0.2) is 17.5 Å². The van der Waals surface area contributed by atoms with Crippen LogP contribution in [0.4, 0.5) is 4.39 Å². The van der Waals surface area contributed by atoms with Crippen LogP contribution in [0.1, 0.15) is 37.7 Å². The monoisotopic (exact) mass is 369 g/mol. The predicted octanol–water partition coefficient (Wildman–Crippen LogP) is 2.43. The first-order valence-electron chi connectivity index (χ1n) is 8.63. The van der Waals surface area contributed by atoms with Gasteiger partial charge < -0.3 is 9.84 Å². The van der Waals surface area contributed by atoms with Crippen molar-refractivity contribution in [1.29, 1.82) is 0 Å². The van der Waals surface area contributed by atoms with Gasteiger partial charge in [0.2, 0.25) is 10.0 Å². The number of aliphatic hydroxyl groups is 1. The molecule has 1 aliphatic carbocycles. The molecule has 2 atom stereocenters. The van der Waals surface area contributed by atoms with E-state index in [2.05, 4.69) is 4.72 Å². The van der Waals surface area contributed by atoms with Gasteiger partial charge in [-0.05, 0) is 49.5 Å². The van der Waals surface area contributed by atoms with Gasteiger partial charge >= 0.3 is 0 Å². The van der Waals surface area contributed by atoms with E-state index in [1.807, 2.05) is 0 Å². The van der Waals surface area contributed by atoms with E-state index in [-0.39, 0.29) is 18.5 Å². The second-order valence-electron chi connectivity index (χ2n) is 6.92. The maximum absolute atomic E-state index is 12.9. The molecule has 25 heavy (non-hydrogen) atoms. The van der Waals surface area contributed by atoms with Gasteiger partial charge in [0.15, 0.2) is 0 Å². The molecule has 1 aromatic rings. The molecule has 0 radical (unpaired) electrons. The minimum atomic E-state index is -3.71. The van der Waals surface area contributed by atoms with Crippen LogP contribution in [0.15, 0.2) is 29.7 Å². The lowest BCUT2D eigenvalue weighted by Gasteiger charge is -2.48. The summed E-state index contributed by atoms with van der Waals surface area (Å²) in [6.07, 6.45) is 5.47. The Hall–Kier alpha value is -1.28. The van der Waals surface area contributed by atoms with E-state index in [9.17, 15) is 17.9 Å². The van der Waals surface area contributed by atoms with Gasteiger partial charge in [-0.3, -0.25) is 0 Å². The molecule has 1 heterocycles. The Morgan fingerprint density at radius 1 is 1.32 bits per heavy atom. The van der Waals surface area contributed by atoms with E-state index in [0.717, 1.165) is 37.5 Å². The number of benzene rings is 1. The van der Waals surface area contributed by atoms with Crippen molar-refractivity contribution < 1.29 is 22.7 Å². The number of nitrogens with one attached hydrogen (secondary N) is 1. The smallest absolute Gasteiger partial charge is 0.234 e. The van der Waals surface area contributed by atoms with Crippen molar-refractivity contribution in [2.24, 2.45) is 5.41 Å². The predicted molar refractivity (Wildman–Crippen MR) is 93.6 cm³/mol. The molecule has 0 aromatic heterocycles. The number of hydrogen-bond donors (Lipinski definition) is 2. The first kappa shape index (κ1) is 18.5. The molecule has 2 unspecified atom stereocenters. The maximum atomic E-state index is 12.9. The topological polar surface area (TPSA) is 75.6 Å². The van der Waals surface area contributed by atoms with Crippen LogP contribution in [-0.4, -0.2) is 38.9 Å². The lowest BCUT2D eigenvalue weighted by atomic mass is 9.63. The molecule has 1 aliphatic heterocycles. The molecule has 1 saturated carbocycles. The normalized spacial score (nSPS) is 24.3. The number of rotatable bonds is 7. The minimum Gasteiger partial charge on any atom is -0.396 e. The van der Waals surface area contributed by atoms with Gasteiger partial charge in [0.25, 0.3) is 0 Å². The molecule has 3 rings (SSSR count). The molecule has 2 N–H and O–H groups in total. The standard InChI is InChI=1S/C18H24FNO4S/c19-15-6-4-14(5-7-15)8-12-25(22,23)20-17(16-3-1-11-24-16)18(13-21)9-2-10-18/h4-8,12,16-17,20-21H,1-3,9-11,13H2/b12-8+. The molecule has 0 spiro atoms. The molecule has 2 fully saturated rings. The summed E-state index contributed by atoms with van der Waals surface area (Å²) in [6, 6.07) is 5.16. The van der Waals surface area contributed by atoms with E-state index in [4.69, 9.17) is 4.74 Å². The van der Waals surface area contributed by atoms with Crippen LogP contribution < -0.4 is 4.72 Å². The van der Waals surface area contributed by atoms with Crippen molar-refractivity contribution in [3.05, 3.63) is 41.1 Å². The van der Waals surface area contributed by atoms with Gasteiger partial charge in [-0.2, -0.15) is 0 Å². The molecular formula is C18H24FNO4S. The molecular weight excluding hydrogens is 345 g/mol. The minimum absolute atomic E-state index is 0.0538. The molecule has 138 valence electrons. The Morgan fingerprint density at radius 2 is 2.04 bits per heavy atom. The van der Waals surface area contributed by atoms with Crippen LogP contribution in [0.5, 0.6) is 0 Å². The van der Waals surface area contributed by atoms with Crippen molar-refractivity contribution in [2.75, 3.05) is 13.2 Å². The average molecular weight is 369 g/mol. The van der Waals surface area contributed by atoms with Crippen molar-refractivity contribution >= 4 is 16.1 Å². The van der Waals surface area contributed by atoms with Crippen LogP contribution in [0.3, 0.4) is 0 Å². The summed E-state index contributed by atoms with van der Waals surface area (Å²) in [5.74, 6) is -0.369. The summed E-state index contributed by atoms with van der Waals surface area (Å²) in [6.45, 7) is 0.567. The van der Waals surface area contributed by atoms with E-state index in [1.54, 1.807) is 0 Å². The summed E-state index contributed by atoms with van der Waals surface area (Å²) < 4.78 is 46.4. The van der Waals surface area contributed by atoms with Crippen LogP contribution in [-0.2, 0) is 14.8 Å². The fraction of sp³-hybridized carbons (Fsp3) is 0.556. The van der Waals surface area contributed by atoms with E-state index < -0.39 is 21.5 Å². The highest BCUT2D eigenvalue weighted by molar-refractivity contribution is 7.92. The van der Waals surface area contributed by atoms with Gasteiger partial charge in [-0.15, -0.1) is 0 Å². The van der Waals surface area contributed by atoms with E-state index >= 15 is 0 Å². The second-order valence-corrected chi connectivity index (χ2v) is 8.52. The Balaban J connectivity index is 1.76. The summed E-state index contributed by atoms with van der Waals surface area (Å²) >= 11 is 0. The zero-order chi connectivity index (χ0) is 17.9. The third-order valence-corrected chi connectivity index (χ3v) is 6.34. The quantitative estimate of drug-likeness (QED) is 0.774. The van der Waals surface area contributed by atoms with Gasteiger partial charge in [0.05, 0.1) is 18.8 Å². The molecule has 1 saturated heterocycles. The highest BCUT2D eigenvalue weighted by atomic mass is 32.2. The van der Waals surface area contributed by atoms with Crippen molar-refractivity contribution in [2.45, 2.75) is 44.2 Å². The molecule has 1 aromatic carbocycles. The van der Waals surface area contributed by atoms with Crippen molar-refractivity contribution in [3.63, 3.8) is 0 Å². The Kier molecular flexibility index (Phi) is 5.58. The number of halogens is 1. The largest absolute Gasteiger partial charge is 0.396 e. The summed E-state index contributed by atoms with van der Waals surface area (Å²) in [7, 11) is -3.71. The first-order valence-corrected chi connectivity index (χ1v) is 10.2. The van der Waals surface area contributed by atoms with E-state index in [1.165, 1.54) is 30.3 Å². The van der Waals surface area contributed by atoms with Crippen LogP contribution >= 0.6 is 0 Å². The molecule has 0 amide bonds. The lowest BCUT2D eigenvalue weighted by Crippen LogP contribution is -2.58. The number of ether oxygens (including phenoxy) is 1. The first-order chi connectivity index (χ1) is 11.9. The van der Waals surface area contributed by atoms with Crippen LogP contribution in [0.2, 0.25) is 0 Å². The summed E-state index contributed by atoms with van der Waals surface area (Å²) in [4.78, 5) is 0. The Labute approximate surface area is 147 Å². The van der Waals surface area contributed by atoms with Crippen molar-refractivity contribution in [3.8, 4) is 0 Å². The second kappa shape index (κ2) is 7.53. The fourth-order valence-corrected chi connectivity index (χ4v) is 4.79. The van der Waals surface area contributed by atoms with Gasteiger partial charge in [-0.1, -0.05) is 18.6 Å². The average Bonchev–Trinajstić information content (AvgIpc) is 3.07. The zero-order valence-corrected chi connectivity index (χ0v) is 14.8. The number of sulfonamides is 1. The van der Waals surface area contributed by atoms with E-state index in [0.29, 0.717) is 12.2 Å². The van der Waals surface area contributed by atoms with Gasteiger partial charge in [0.1, 0.15) is 5.82 Å². The van der Waals surface area contributed by atoms with Crippen LogP contribution in [0.25, 0.3) is 6.08 Å². The Bertz CT molecular complexity index is 702. The molecule has 5 nitrogen and oxygen atoms in total.